The maximum absolute atomic E-state index is 13.7. The molecule has 0 unspecified atom stereocenters. The molecule has 1 rings (SSSR count). The topological polar surface area (TPSA) is 148 Å². The van der Waals surface area contributed by atoms with Crippen molar-refractivity contribution in [3.63, 3.8) is 0 Å². The van der Waals surface area contributed by atoms with E-state index >= 15 is 0 Å². The first-order valence-electron chi connectivity index (χ1n) is 19.3. The van der Waals surface area contributed by atoms with Gasteiger partial charge in [0.2, 0.25) is 5.91 Å². The first kappa shape index (κ1) is 46.9. The van der Waals surface area contributed by atoms with E-state index < -0.39 is 29.8 Å². The lowest BCUT2D eigenvalue weighted by Crippen LogP contribution is -2.49. The van der Waals surface area contributed by atoms with E-state index in [0.717, 1.165) is 38.6 Å². The Kier molecular flexibility index (Phi) is 22.6. The van der Waals surface area contributed by atoms with Crippen LogP contribution in [0.1, 0.15) is 111 Å². The van der Waals surface area contributed by atoms with Gasteiger partial charge in [-0.05, 0) is 103 Å². The average molecular weight is 737 g/mol. The minimum Gasteiger partial charge on any atom is -0.493 e. The molecule has 3 amide bonds. The van der Waals surface area contributed by atoms with Crippen LogP contribution in [0.5, 0.6) is 11.5 Å². The number of hydrogen-bond acceptors (Lipinski definition) is 9. The standard InChI is InChI=1S/C40H72N4O8/c1-12-13-19-41-38(47)33(29(4)5)26-35(45)34(43-39(48)52-40(6,7)8)24-30(28(2)3)27-42-37(46)32-18-17-31(50-23-16-20-44(9)10)25-36(32)51-22-15-14-21-49-11/h17-18,25,28-30,33-35,45H,12-16,19-24,26-27H2,1-11H3,(H,41,47)(H,42,46)(H,43,48)/t30-,33+,34+,35+/m1/s1. The van der Waals surface area contributed by atoms with Gasteiger partial charge in [0.1, 0.15) is 17.1 Å². The highest BCUT2D eigenvalue weighted by molar-refractivity contribution is 5.97. The molecule has 0 aliphatic heterocycles. The van der Waals surface area contributed by atoms with Gasteiger partial charge in [-0.1, -0.05) is 41.0 Å². The molecule has 52 heavy (non-hydrogen) atoms. The van der Waals surface area contributed by atoms with Gasteiger partial charge in [-0.15, -0.1) is 0 Å². The number of hydrogen-bond donors (Lipinski definition) is 4. The Hall–Kier alpha value is -3.09. The Labute approximate surface area is 314 Å². The number of aliphatic hydroxyl groups is 1. The Bertz CT molecular complexity index is 1170. The molecule has 12 nitrogen and oxygen atoms in total. The average Bonchev–Trinajstić information content (AvgIpc) is 3.05. The highest BCUT2D eigenvalue weighted by atomic mass is 16.6. The summed E-state index contributed by atoms with van der Waals surface area (Å²) < 4.78 is 22.8. The van der Waals surface area contributed by atoms with E-state index in [4.69, 9.17) is 18.9 Å². The van der Waals surface area contributed by atoms with Crippen molar-refractivity contribution >= 4 is 17.9 Å². The lowest BCUT2D eigenvalue weighted by molar-refractivity contribution is -0.127. The van der Waals surface area contributed by atoms with Crippen LogP contribution in [0.4, 0.5) is 4.79 Å². The fraction of sp³-hybridized carbons (Fsp3) is 0.775. The maximum Gasteiger partial charge on any atom is 0.407 e. The van der Waals surface area contributed by atoms with Crippen molar-refractivity contribution in [3.05, 3.63) is 23.8 Å². The van der Waals surface area contributed by atoms with Crippen LogP contribution < -0.4 is 25.4 Å². The van der Waals surface area contributed by atoms with Crippen LogP contribution >= 0.6 is 0 Å². The third kappa shape index (κ3) is 19.7. The molecule has 0 fully saturated rings. The van der Waals surface area contributed by atoms with E-state index in [-0.39, 0.29) is 42.5 Å². The summed E-state index contributed by atoms with van der Waals surface area (Å²) in [6, 6.07) is 4.54. The number of nitrogens with zero attached hydrogens (tertiary/aromatic N) is 1. The molecule has 0 saturated heterocycles. The van der Waals surface area contributed by atoms with Crippen LogP contribution in [-0.2, 0) is 14.3 Å². The van der Waals surface area contributed by atoms with Crippen molar-refractivity contribution in [3.8, 4) is 11.5 Å². The van der Waals surface area contributed by atoms with Gasteiger partial charge in [0, 0.05) is 45.3 Å². The zero-order valence-electron chi connectivity index (χ0n) is 34.1. The van der Waals surface area contributed by atoms with Gasteiger partial charge < -0.3 is 44.9 Å². The van der Waals surface area contributed by atoms with Crippen LogP contribution in [0.3, 0.4) is 0 Å². The number of benzene rings is 1. The van der Waals surface area contributed by atoms with Gasteiger partial charge in [0.25, 0.3) is 5.91 Å². The molecule has 0 saturated carbocycles. The molecule has 300 valence electrons. The quantitative estimate of drug-likeness (QED) is 0.0836. The molecule has 4 atom stereocenters. The minimum atomic E-state index is -1.03. The number of unbranched alkanes of at least 4 members (excludes halogenated alkanes) is 2. The molecule has 12 heteroatoms. The Morgan fingerprint density at radius 3 is 2.15 bits per heavy atom. The highest BCUT2D eigenvalue weighted by Crippen LogP contribution is 2.27. The number of alkyl carbamates (subject to hydrolysis) is 1. The van der Waals surface area contributed by atoms with Crippen LogP contribution in [0.2, 0.25) is 0 Å². The van der Waals surface area contributed by atoms with E-state index in [0.29, 0.717) is 49.8 Å². The van der Waals surface area contributed by atoms with E-state index in [1.54, 1.807) is 46.1 Å². The summed E-state index contributed by atoms with van der Waals surface area (Å²) in [7, 11) is 5.70. The van der Waals surface area contributed by atoms with Gasteiger partial charge in [-0.25, -0.2) is 4.79 Å². The van der Waals surface area contributed by atoms with E-state index in [1.165, 1.54) is 0 Å². The van der Waals surface area contributed by atoms with Gasteiger partial charge in [0.05, 0.1) is 30.9 Å². The molecular weight excluding hydrogens is 664 g/mol. The van der Waals surface area contributed by atoms with Gasteiger partial charge in [0.15, 0.2) is 0 Å². The Balaban J connectivity index is 3.20. The molecule has 0 aliphatic carbocycles. The number of ether oxygens (including phenoxy) is 4. The largest absolute Gasteiger partial charge is 0.493 e. The molecule has 1 aromatic rings. The zero-order valence-corrected chi connectivity index (χ0v) is 34.1. The summed E-state index contributed by atoms with van der Waals surface area (Å²) in [6.45, 7) is 18.8. The highest BCUT2D eigenvalue weighted by Gasteiger charge is 2.33. The smallest absolute Gasteiger partial charge is 0.407 e. The molecular formula is C40H72N4O8. The maximum atomic E-state index is 13.7. The first-order valence-corrected chi connectivity index (χ1v) is 19.3. The van der Waals surface area contributed by atoms with Crippen molar-refractivity contribution in [1.82, 2.24) is 20.9 Å². The number of methoxy groups -OCH3 is 1. The predicted molar refractivity (Wildman–Crippen MR) is 207 cm³/mol. The van der Waals surface area contributed by atoms with Crippen LogP contribution in [-0.4, -0.2) is 106 Å². The Morgan fingerprint density at radius 1 is 0.885 bits per heavy atom. The molecule has 0 spiro atoms. The van der Waals surface area contributed by atoms with Crippen molar-refractivity contribution in [2.75, 3.05) is 60.7 Å². The van der Waals surface area contributed by atoms with Gasteiger partial charge >= 0.3 is 6.09 Å². The number of rotatable bonds is 26. The summed E-state index contributed by atoms with van der Waals surface area (Å²) in [5.41, 5.74) is -0.340. The molecule has 1 aromatic carbocycles. The fourth-order valence-corrected chi connectivity index (χ4v) is 5.63. The molecule has 4 N–H and O–H groups in total. The Morgan fingerprint density at radius 2 is 1.56 bits per heavy atom. The predicted octanol–water partition coefficient (Wildman–Crippen LogP) is 6.05. The minimum absolute atomic E-state index is 0.0233. The summed E-state index contributed by atoms with van der Waals surface area (Å²) in [4.78, 5) is 41.9. The van der Waals surface area contributed by atoms with E-state index in [2.05, 4.69) is 27.8 Å². The lowest BCUT2D eigenvalue weighted by atomic mass is 9.82. The van der Waals surface area contributed by atoms with Gasteiger partial charge in [-0.3, -0.25) is 9.59 Å². The van der Waals surface area contributed by atoms with E-state index in [9.17, 15) is 19.5 Å². The summed E-state index contributed by atoms with van der Waals surface area (Å²) in [6.07, 6.45) is 3.15. The second-order valence-corrected chi connectivity index (χ2v) is 15.7. The van der Waals surface area contributed by atoms with Crippen molar-refractivity contribution in [2.45, 2.75) is 118 Å². The monoisotopic (exact) mass is 737 g/mol. The van der Waals surface area contributed by atoms with Crippen LogP contribution in [0, 0.1) is 23.7 Å². The number of carbonyl (C=O) groups excluding carboxylic acids is 3. The normalized spacial score (nSPS) is 14.1. The number of nitrogens with one attached hydrogen (secondary N) is 3. The summed E-state index contributed by atoms with van der Waals surface area (Å²) >= 11 is 0. The van der Waals surface area contributed by atoms with E-state index in [1.807, 2.05) is 41.8 Å². The number of carbonyl (C=O) groups is 3. The molecule has 0 aliphatic rings. The number of amides is 3. The van der Waals surface area contributed by atoms with Crippen molar-refractivity contribution in [2.24, 2.45) is 23.7 Å². The number of aliphatic hydroxyl groups excluding tert-OH is 1. The van der Waals surface area contributed by atoms with Crippen LogP contribution in [0.15, 0.2) is 18.2 Å². The van der Waals surface area contributed by atoms with Crippen molar-refractivity contribution in [1.29, 1.82) is 0 Å². The second-order valence-electron chi connectivity index (χ2n) is 15.7. The van der Waals surface area contributed by atoms with Crippen molar-refractivity contribution < 1.29 is 38.4 Å². The first-order chi connectivity index (χ1) is 24.5. The summed E-state index contributed by atoms with van der Waals surface area (Å²) in [5, 5.41) is 20.6. The second kappa shape index (κ2) is 25.0. The lowest BCUT2D eigenvalue weighted by Gasteiger charge is -2.33. The third-order valence-corrected chi connectivity index (χ3v) is 8.87. The van der Waals surface area contributed by atoms with Gasteiger partial charge in [-0.2, -0.15) is 0 Å². The SMILES string of the molecule is CCCCNC(=O)[C@@H](C[C@H](O)[C@H](C[C@H](CNC(=O)c1ccc(OCCCN(C)C)cc1OCCCCOC)C(C)C)NC(=O)OC(C)(C)C)C(C)C. The molecule has 0 aromatic heterocycles. The molecule has 0 bridgehead atoms. The zero-order chi connectivity index (χ0) is 39.3. The fourth-order valence-electron chi connectivity index (χ4n) is 5.63. The summed E-state index contributed by atoms with van der Waals surface area (Å²) in [5.74, 6) is 0.161. The third-order valence-electron chi connectivity index (χ3n) is 8.87. The molecule has 0 heterocycles. The van der Waals surface area contributed by atoms with Crippen LogP contribution in [0.25, 0.3) is 0 Å². The molecule has 0 radical (unpaired) electrons.